The van der Waals surface area contributed by atoms with Gasteiger partial charge in [0.2, 0.25) is 21.8 Å². The molecular formula is C33H28N4O6S. The molecule has 1 aliphatic heterocycles. The summed E-state index contributed by atoms with van der Waals surface area (Å²) in [6.07, 6.45) is 0.146. The average molecular weight is 609 g/mol. The Morgan fingerprint density at radius 1 is 0.977 bits per heavy atom. The highest BCUT2D eigenvalue weighted by Crippen LogP contribution is 2.30. The third-order valence-electron chi connectivity index (χ3n) is 7.58. The number of hydrogen-bond acceptors (Lipinski definition) is 7. The maximum atomic E-state index is 13.8. The zero-order chi connectivity index (χ0) is 31.0. The first-order chi connectivity index (χ1) is 21.1. The molecule has 0 aliphatic carbocycles. The number of aromatic nitrogens is 1. The van der Waals surface area contributed by atoms with Gasteiger partial charge in [0.05, 0.1) is 17.0 Å². The van der Waals surface area contributed by atoms with Crippen LogP contribution in [0.1, 0.15) is 27.9 Å². The minimum Gasteiger partial charge on any atom is -0.436 e. The first kappa shape index (κ1) is 29.0. The highest BCUT2D eigenvalue weighted by atomic mass is 32.2. The molecule has 0 radical (unpaired) electrons. The Hall–Kier alpha value is -5.13. The minimum absolute atomic E-state index is 0.0247. The fourth-order valence-electron chi connectivity index (χ4n) is 5.32. The number of oxazole rings is 1. The van der Waals surface area contributed by atoms with Crippen molar-refractivity contribution in [3.63, 3.8) is 0 Å². The van der Waals surface area contributed by atoms with Gasteiger partial charge in [-0.3, -0.25) is 14.4 Å². The molecule has 1 unspecified atom stereocenters. The van der Waals surface area contributed by atoms with E-state index in [0.29, 0.717) is 34.7 Å². The van der Waals surface area contributed by atoms with E-state index in [4.69, 9.17) is 9.56 Å². The minimum atomic E-state index is -3.85. The summed E-state index contributed by atoms with van der Waals surface area (Å²) in [6.45, 7) is 1.99. The van der Waals surface area contributed by atoms with Gasteiger partial charge in [0, 0.05) is 17.7 Å². The van der Waals surface area contributed by atoms with Crippen molar-refractivity contribution in [1.29, 1.82) is 0 Å². The average Bonchev–Trinajstić information content (AvgIpc) is 3.57. The Bertz CT molecular complexity index is 1970. The number of primary sulfonamides is 1. The molecule has 1 atom stereocenters. The van der Waals surface area contributed by atoms with Crippen molar-refractivity contribution in [1.82, 2.24) is 9.88 Å². The highest BCUT2D eigenvalue weighted by Gasteiger charge is 2.44. The van der Waals surface area contributed by atoms with Crippen LogP contribution in [0.15, 0.2) is 106 Å². The molecule has 44 heavy (non-hydrogen) atoms. The van der Waals surface area contributed by atoms with E-state index in [9.17, 15) is 22.8 Å². The second-order valence-electron chi connectivity index (χ2n) is 10.6. The number of rotatable bonds is 8. The van der Waals surface area contributed by atoms with E-state index in [1.165, 1.54) is 17.0 Å². The van der Waals surface area contributed by atoms with Crippen LogP contribution in [0.4, 0.5) is 5.69 Å². The van der Waals surface area contributed by atoms with Crippen molar-refractivity contribution in [2.45, 2.75) is 30.7 Å². The van der Waals surface area contributed by atoms with Gasteiger partial charge < -0.3 is 9.32 Å². The van der Waals surface area contributed by atoms with Crippen LogP contribution in [0.25, 0.3) is 22.6 Å². The second-order valence-corrected chi connectivity index (χ2v) is 12.2. The molecule has 0 bridgehead atoms. The topological polar surface area (TPSA) is 144 Å². The lowest BCUT2D eigenvalue weighted by molar-refractivity contribution is -0.122. The second kappa shape index (κ2) is 11.5. The van der Waals surface area contributed by atoms with E-state index in [1.807, 2.05) is 37.3 Å². The molecule has 0 saturated carbocycles. The smallest absolute Gasteiger partial charge is 0.257 e. The number of carbonyl (C=O) groups excluding carboxylic acids is 3. The van der Waals surface area contributed by atoms with Crippen molar-refractivity contribution in [2.75, 3.05) is 11.4 Å². The van der Waals surface area contributed by atoms with E-state index in [-0.39, 0.29) is 23.8 Å². The number of para-hydroxylation sites is 2. The fraction of sp³-hybridized carbons (Fsp3) is 0.152. The summed E-state index contributed by atoms with van der Waals surface area (Å²) in [7, 11) is -3.85. The van der Waals surface area contributed by atoms with E-state index in [0.717, 1.165) is 21.5 Å². The van der Waals surface area contributed by atoms with Gasteiger partial charge in [0.1, 0.15) is 11.6 Å². The van der Waals surface area contributed by atoms with Crippen LogP contribution in [0.3, 0.4) is 0 Å². The molecule has 3 amide bonds. The van der Waals surface area contributed by atoms with Gasteiger partial charge in [-0.15, -0.1) is 0 Å². The summed E-state index contributed by atoms with van der Waals surface area (Å²) in [5, 5.41) is 5.21. The van der Waals surface area contributed by atoms with Crippen LogP contribution in [0, 0.1) is 6.92 Å². The molecule has 2 heterocycles. The normalized spacial score (nSPS) is 15.2. The van der Waals surface area contributed by atoms with Gasteiger partial charge in [-0.2, -0.15) is 0 Å². The molecule has 10 nitrogen and oxygen atoms in total. The third-order valence-corrected chi connectivity index (χ3v) is 8.51. The number of nitrogens with zero attached hydrogens (tertiary/aromatic N) is 3. The molecule has 0 spiro atoms. The van der Waals surface area contributed by atoms with Crippen molar-refractivity contribution >= 4 is 44.5 Å². The van der Waals surface area contributed by atoms with Gasteiger partial charge in [-0.25, -0.2) is 23.4 Å². The highest BCUT2D eigenvalue weighted by molar-refractivity contribution is 7.89. The maximum absolute atomic E-state index is 13.8. The van der Waals surface area contributed by atoms with Crippen LogP contribution in [-0.4, -0.2) is 48.6 Å². The number of carbonyl (C=O) groups is 3. The lowest BCUT2D eigenvalue weighted by Crippen LogP contribution is -2.46. The molecule has 1 aliphatic rings. The Morgan fingerprint density at radius 3 is 2.39 bits per heavy atom. The van der Waals surface area contributed by atoms with Crippen LogP contribution < -0.4 is 10.0 Å². The summed E-state index contributed by atoms with van der Waals surface area (Å²) in [5.41, 5.74) is 4.45. The van der Waals surface area contributed by atoms with Crippen molar-refractivity contribution in [3.05, 3.63) is 114 Å². The molecule has 1 saturated heterocycles. The lowest BCUT2D eigenvalue weighted by atomic mass is 10.1. The molecule has 6 rings (SSSR count). The number of nitrogens with two attached hydrogens (primary N) is 1. The summed E-state index contributed by atoms with van der Waals surface area (Å²) in [5.74, 6) is -0.889. The number of anilines is 1. The Kier molecular flexibility index (Phi) is 7.58. The fourth-order valence-corrected chi connectivity index (χ4v) is 5.83. The van der Waals surface area contributed by atoms with Gasteiger partial charge >= 0.3 is 0 Å². The van der Waals surface area contributed by atoms with E-state index in [2.05, 4.69) is 4.98 Å². The Morgan fingerprint density at radius 2 is 1.70 bits per heavy atom. The SMILES string of the molecule is Cc1cccc(C(=O)N(CCc2ccc(S(N)(=O)=O)cc2)C2CC(=O)N(c3ccc(-c4nc5ccccc5o4)cc3)C2=O)c1. The van der Waals surface area contributed by atoms with E-state index < -0.39 is 27.9 Å². The summed E-state index contributed by atoms with van der Waals surface area (Å²) in [4.78, 5) is 47.9. The van der Waals surface area contributed by atoms with Gasteiger partial charge in [-0.05, 0) is 79.6 Å². The van der Waals surface area contributed by atoms with Gasteiger partial charge in [-0.1, -0.05) is 42.0 Å². The van der Waals surface area contributed by atoms with E-state index in [1.54, 1.807) is 54.6 Å². The maximum Gasteiger partial charge on any atom is 0.257 e. The van der Waals surface area contributed by atoms with Crippen molar-refractivity contribution in [3.8, 4) is 11.5 Å². The lowest BCUT2D eigenvalue weighted by Gasteiger charge is -2.28. The monoisotopic (exact) mass is 608 g/mol. The van der Waals surface area contributed by atoms with Crippen LogP contribution in [0.5, 0.6) is 0 Å². The van der Waals surface area contributed by atoms with Crippen molar-refractivity contribution in [2.24, 2.45) is 5.14 Å². The molecule has 5 aromatic rings. The first-order valence-electron chi connectivity index (χ1n) is 13.9. The Labute approximate surface area is 253 Å². The number of imide groups is 1. The quantitative estimate of drug-likeness (QED) is 0.256. The first-order valence-corrected chi connectivity index (χ1v) is 15.5. The number of hydrogen-bond donors (Lipinski definition) is 1. The predicted octanol–water partition coefficient (Wildman–Crippen LogP) is 4.47. The number of aryl methyl sites for hydroxylation is 1. The zero-order valence-corrected chi connectivity index (χ0v) is 24.5. The molecule has 222 valence electrons. The number of benzene rings is 4. The van der Waals surface area contributed by atoms with Crippen molar-refractivity contribution < 1.29 is 27.2 Å². The molecule has 4 aromatic carbocycles. The largest absolute Gasteiger partial charge is 0.436 e. The predicted molar refractivity (Wildman–Crippen MR) is 164 cm³/mol. The molecule has 2 N–H and O–H groups in total. The summed E-state index contributed by atoms with van der Waals surface area (Å²) in [6, 6.07) is 26.2. The van der Waals surface area contributed by atoms with Crippen LogP contribution >= 0.6 is 0 Å². The van der Waals surface area contributed by atoms with Crippen LogP contribution in [0.2, 0.25) is 0 Å². The zero-order valence-electron chi connectivity index (χ0n) is 23.7. The van der Waals surface area contributed by atoms with Gasteiger partial charge in [0.15, 0.2) is 5.58 Å². The molecule has 11 heteroatoms. The number of amides is 3. The summed E-state index contributed by atoms with van der Waals surface area (Å²) >= 11 is 0. The molecular weight excluding hydrogens is 580 g/mol. The standard InChI is InChI=1S/C33H28N4O6S/c1-21-5-4-6-24(19-21)32(39)36(18-17-22-9-15-26(16-10-22)44(34,41)42)28-20-30(38)37(33(28)40)25-13-11-23(12-14-25)31-35-27-7-2-3-8-29(27)43-31/h2-16,19,28H,17-18,20H2,1H3,(H2,34,41,42). The molecule has 1 fully saturated rings. The number of fused-ring (bicyclic) bond motifs is 1. The Balaban J connectivity index is 1.26. The number of sulfonamides is 1. The summed E-state index contributed by atoms with van der Waals surface area (Å²) < 4.78 is 29.1. The van der Waals surface area contributed by atoms with Crippen LogP contribution in [-0.2, 0) is 26.0 Å². The van der Waals surface area contributed by atoms with Gasteiger partial charge in [0.25, 0.3) is 11.8 Å². The van der Waals surface area contributed by atoms with E-state index >= 15 is 0 Å². The third kappa shape index (κ3) is 5.75. The molecule has 1 aromatic heterocycles.